The summed E-state index contributed by atoms with van der Waals surface area (Å²) >= 11 is 0. The first-order chi connectivity index (χ1) is 21.1. The summed E-state index contributed by atoms with van der Waals surface area (Å²) in [6.45, 7) is 10.3. The van der Waals surface area contributed by atoms with Gasteiger partial charge in [0.05, 0.1) is 28.0 Å². The highest BCUT2D eigenvalue weighted by Crippen LogP contribution is 2.37. The summed E-state index contributed by atoms with van der Waals surface area (Å²) < 4.78 is 32.9. The second-order valence-electron chi connectivity index (χ2n) is 11.3. The molecule has 0 radical (unpaired) electrons. The van der Waals surface area contributed by atoms with Gasteiger partial charge >= 0.3 is 5.69 Å². The van der Waals surface area contributed by atoms with Crippen LogP contribution in [0.25, 0.3) is 28.0 Å². The first-order valence-electron chi connectivity index (χ1n) is 14.5. The van der Waals surface area contributed by atoms with E-state index in [1.54, 1.807) is 17.2 Å². The lowest BCUT2D eigenvalue weighted by atomic mass is 10.00. The number of anilines is 2. The number of amides is 2. The largest absolute Gasteiger partial charge is 0.355 e. The summed E-state index contributed by atoms with van der Waals surface area (Å²) in [7, 11) is 0. The number of benzene rings is 1. The maximum absolute atomic E-state index is 16.1. The molecule has 1 N–H and O–H groups in total. The predicted molar refractivity (Wildman–Crippen MR) is 163 cm³/mol. The summed E-state index contributed by atoms with van der Waals surface area (Å²) in [5.41, 5.74) is 0.529. The minimum Gasteiger partial charge on any atom is -0.350 e. The van der Waals surface area contributed by atoms with E-state index in [2.05, 4.69) is 26.8 Å². The Morgan fingerprint density at radius 3 is 2.64 bits per heavy atom. The fourth-order valence-corrected chi connectivity index (χ4v) is 6.03. The molecular formula is C32H31F2N7O3. The average molecular weight is 600 g/mol. The number of nitrogens with one attached hydrogen (secondary N) is 1. The van der Waals surface area contributed by atoms with Gasteiger partial charge < -0.3 is 15.1 Å². The van der Waals surface area contributed by atoms with Gasteiger partial charge in [-0.3, -0.25) is 14.6 Å². The number of fused-ring (bicyclic) bond motifs is 5. The van der Waals surface area contributed by atoms with Crippen LogP contribution in [0.3, 0.4) is 0 Å². The third kappa shape index (κ3) is 4.89. The molecule has 0 unspecified atom stereocenters. The third-order valence-corrected chi connectivity index (χ3v) is 8.14. The number of nitrogens with zero attached hydrogens (tertiary/aromatic N) is 6. The first-order valence-corrected chi connectivity index (χ1v) is 14.5. The number of hydrogen-bond donors (Lipinski definition) is 1. The molecule has 1 fully saturated rings. The van der Waals surface area contributed by atoms with Crippen LogP contribution in [0.4, 0.5) is 20.3 Å². The molecule has 5 heterocycles. The molecule has 2 aliphatic rings. The highest BCUT2D eigenvalue weighted by molar-refractivity contribution is 5.97. The van der Waals surface area contributed by atoms with Crippen molar-refractivity contribution in [1.82, 2.24) is 24.4 Å². The molecule has 2 amide bonds. The van der Waals surface area contributed by atoms with E-state index in [9.17, 15) is 14.4 Å². The van der Waals surface area contributed by atoms with Gasteiger partial charge in [0.2, 0.25) is 11.8 Å². The van der Waals surface area contributed by atoms with Crippen molar-refractivity contribution < 1.29 is 18.4 Å². The highest BCUT2D eigenvalue weighted by Gasteiger charge is 2.31. The van der Waals surface area contributed by atoms with Crippen LogP contribution in [0.2, 0.25) is 0 Å². The maximum Gasteiger partial charge on any atom is 0.355 e. The van der Waals surface area contributed by atoms with E-state index in [0.717, 1.165) is 6.07 Å². The van der Waals surface area contributed by atoms with Crippen LogP contribution in [0.15, 0.2) is 54.0 Å². The molecule has 2 aliphatic heterocycles. The van der Waals surface area contributed by atoms with Crippen LogP contribution in [-0.2, 0) is 16.0 Å². The molecule has 1 aromatic carbocycles. The fourth-order valence-electron chi connectivity index (χ4n) is 6.03. The minimum atomic E-state index is -0.855. The van der Waals surface area contributed by atoms with Crippen molar-refractivity contribution in [2.75, 3.05) is 29.9 Å². The Kier molecular flexibility index (Phi) is 7.44. The van der Waals surface area contributed by atoms with Crippen LogP contribution in [0.5, 0.6) is 0 Å². The summed E-state index contributed by atoms with van der Waals surface area (Å²) in [5, 5.41) is 2.96. The van der Waals surface area contributed by atoms with Gasteiger partial charge in [0.25, 0.3) is 0 Å². The van der Waals surface area contributed by atoms with Crippen molar-refractivity contribution in [2.45, 2.75) is 45.6 Å². The lowest BCUT2D eigenvalue weighted by Gasteiger charge is -2.40. The van der Waals surface area contributed by atoms with Crippen molar-refractivity contribution in [3.8, 4) is 16.9 Å². The summed E-state index contributed by atoms with van der Waals surface area (Å²) in [4.78, 5) is 56.6. The van der Waals surface area contributed by atoms with E-state index in [1.165, 1.54) is 28.8 Å². The molecule has 2 bridgehead atoms. The summed E-state index contributed by atoms with van der Waals surface area (Å²) in [6.07, 6.45) is 3.14. The number of halogens is 2. The number of hydrogen-bond acceptors (Lipinski definition) is 7. The standard InChI is InChI=1S/C32H31F2N7O3/c1-5-25(43)39-13-14-40(18(4)16-39)30-20-15-22(34)28-26-21(33)7-6-8-23(26)36-24(42)10-9-19-11-12-35-27(17(2)3)29(19)41(31(20)37-28)32(44)38-30/h5-8,11-12,15,17-18H,1,9-10,13-14,16H2,2-4H3,(H,36,42)/t18-/m0/s1. The Labute approximate surface area is 252 Å². The number of piperazine rings is 1. The first kappa shape index (κ1) is 29.1. The van der Waals surface area contributed by atoms with Gasteiger partial charge in [-0.15, -0.1) is 0 Å². The number of aryl methyl sites for hydroxylation is 1. The van der Waals surface area contributed by atoms with Crippen molar-refractivity contribution >= 4 is 34.4 Å². The van der Waals surface area contributed by atoms with Gasteiger partial charge in [0.15, 0.2) is 11.5 Å². The van der Waals surface area contributed by atoms with Crippen LogP contribution in [0, 0.1) is 11.6 Å². The van der Waals surface area contributed by atoms with E-state index in [-0.39, 0.29) is 64.5 Å². The molecule has 0 spiro atoms. The zero-order chi connectivity index (χ0) is 31.3. The van der Waals surface area contributed by atoms with Crippen LogP contribution < -0.4 is 15.9 Å². The Morgan fingerprint density at radius 1 is 1.11 bits per heavy atom. The topological polar surface area (TPSA) is 113 Å². The zero-order valence-corrected chi connectivity index (χ0v) is 24.6. The summed E-state index contributed by atoms with van der Waals surface area (Å²) in [5.74, 6) is -2.18. The molecule has 6 rings (SSSR count). The monoisotopic (exact) mass is 599 g/mol. The minimum absolute atomic E-state index is 0.0168. The van der Waals surface area contributed by atoms with E-state index >= 15 is 8.78 Å². The second-order valence-corrected chi connectivity index (χ2v) is 11.3. The van der Waals surface area contributed by atoms with Crippen molar-refractivity contribution in [3.05, 3.63) is 82.6 Å². The third-order valence-electron chi connectivity index (χ3n) is 8.14. The van der Waals surface area contributed by atoms with Gasteiger partial charge in [0, 0.05) is 38.3 Å². The fraction of sp³-hybridized carbons (Fsp3) is 0.312. The molecular weight excluding hydrogens is 568 g/mol. The molecule has 44 heavy (non-hydrogen) atoms. The van der Waals surface area contributed by atoms with Crippen molar-refractivity contribution in [3.63, 3.8) is 0 Å². The van der Waals surface area contributed by atoms with Gasteiger partial charge in [-0.2, -0.15) is 4.98 Å². The highest BCUT2D eigenvalue weighted by atomic mass is 19.1. The van der Waals surface area contributed by atoms with E-state index in [4.69, 9.17) is 0 Å². The summed E-state index contributed by atoms with van der Waals surface area (Å²) in [6, 6.07) is 6.74. The van der Waals surface area contributed by atoms with E-state index < -0.39 is 23.2 Å². The van der Waals surface area contributed by atoms with Crippen molar-refractivity contribution in [2.24, 2.45) is 0 Å². The number of aromatic nitrogens is 4. The quantitative estimate of drug-likeness (QED) is 0.349. The Balaban J connectivity index is 1.70. The molecule has 1 saturated heterocycles. The zero-order valence-electron chi connectivity index (χ0n) is 24.6. The van der Waals surface area contributed by atoms with Crippen LogP contribution in [0.1, 0.15) is 44.4 Å². The molecule has 12 heteroatoms. The number of carbonyl (C=O) groups is 2. The number of rotatable bonds is 3. The molecule has 1 atom stereocenters. The Bertz CT molecular complexity index is 1910. The van der Waals surface area contributed by atoms with E-state index in [0.29, 0.717) is 36.6 Å². The lowest BCUT2D eigenvalue weighted by molar-refractivity contribution is -0.126. The molecule has 0 aliphatic carbocycles. The van der Waals surface area contributed by atoms with E-state index in [1.807, 2.05) is 25.7 Å². The SMILES string of the molecule is C=CC(=O)N1CCN(c2nc(=O)n3c4nc(c(F)cc24)-c2c(F)cccc2NC(=O)CCc2ccnc(C(C)C)c2-3)[C@@H](C)C1. The van der Waals surface area contributed by atoms with Gasteiger partial charge in [-0.1, -0.05) is 26.5 Å². The average Bonchev–Trinajstić information content (AvgIpc) is 2.99. The Morgan fingerprint density at radius 2 is 1.91 bits per heavy atom. The number of pyridine rings is 2. The lowest BCUT2D eigenvalue weighted by Crippen LogP contribution is -2.54. The Hall–Kier alpha value is -5.00. The molecule has 0 saturated carbocycles. The number of carbonyl (C=O) groups excluding carboxylic acids is 2. The molecule has 226 valence electrons. The van der Waals surface area contributed by atoms with Gasteiger partial charge in [-0.25, -0.2) is 23.1 Å². The maximum atomic E-state index is 16.1. The smallest absolute Gasteiger partial charge is 0.350 e. The van der Waals surface area contributed by atoms with Crippen LogP contribution in [-0.4, -0.2) is 61.9 Å². The predicted octanol–water partition coefficient (Wildman–Crippen LogP) is 4.35. The normalized spacial score (nSPS) is 16.7. The second kappa shape index (κ2) is 11.3. The van der Waals surface area contributed by atoms with Crippen molar-refractivity contribution in [1.29, 1.82) is 0 Å². The molecule has 3 aromatic heterocycles. The molecule has 4 aromatic rings. The molecule has 10 nitrogen and oxygen atoms in total. The van der Waals surface area contributed by atoms with Gasteiger partial charge in [-0.05, 0) is 55.2 Å². The van der Waals surface area contributed by atoms with Crippen LogP contribution >= 0.6 is 0 Å². The van der Waals surface area contributed by atoms with Gasteiger partial charge in [0.1, 0.15) is 17.3 Å².